The van der Waals surface area contributed by atoms with Crippen molar-refractivity contribution in [2.45, 2.75) is 13.2 Å². The van der Waals surface area contributed by atoms with E-state index in [-0.39, 0.29) is 19.8 Å². The van der Waals surface area contributed by atoms with E-state index in [1.807, 2.05) is 54.6 Å². The molecule has 0 unspecified atom stereocenters. The minimum atomic E-state index is -0.736. The third-order valence-corrected chi connectivity index (χ3v) is 4.99. The van der Waals surface area contributed by atoms with E-state index in [1.165, 1.54) is 6.07 Å². The smallest absolute Gasteiger partial charge is 0.407 e. The molecular weight excluding hydrogens is 426 g/mol. The minimum Gasteiger partial charge on any atom is -0.497 e. The zero-order chi connectivity index (χ0) is 23.2. The highest BCUT2D eigenvalue weighted by atomic mass is 16.6. The first-order valence-electron chi connectivity index (χ1n) is 10.2. The summed E-state index contributed by atoms with van der Waals surface area (Å²) in [6, 6.07) is 19.5. The molecule has 0 aliphatic heterocycles. The monoisotopic (exact) mass is 447 g/mol. The number of carbonyl (C=O) groups is 2. The van der Waals surface area contributed by atoms with Crippen molar-refractivity contribution in [2.24, 2.45) is 0 Å². The van der Waals surface area contributed by atoms with Crippen LogP contribution in [0.3, 0.4) is 0 Å². The van der Waals surface area contributed by atoms with E-state index in [0.717, 1.165) is 16.3 Å². The van der Waals surface area contributed by atoms with Crippen LogP contribution in [0.1, 0.15) is 11.1 Å². The van der Waals surface area contributed by atoms with Crippen LogP contribution in [0.2, 0.25) is 0 Å². The van der Waals surface area contributed by atoms with Crippen molar-refractivity contribution >= 4 is 33.8 Å². The van der Waals surface area contributed by atoms with Crippen molar-refractivity contribution in [3.8, 4) is 5.75 Å². The van der Waals surface area contributed by atoms with E-state index in [9.17, 15) is 14.4 Å². The Balaban J connectivity index is 1.43. The van der Waals surface area contributed by atoms with Crippen molar-refractivity contribution in [1.29, 1.82) is 0 Å². The summed E-state index contributed by atoms with van der Waals surface area (Å²) in [5.41, 5.74) is 1.13. The Labute approximate surface area is 188 Å². The maximum absolute atomic E-state index is 12.2. The number of esters is 1. The molecule has 4 aromatic rings. The molecule has 1 N–H and O–H groups in total. The lowest BCUT2D eigenvalue weighted by Crippen LogP contribution is -2.31. The van der Waals surface area contributed by atoms with Gasteiger partial charge in [-0.25, -0.2) is 9.59 Å². The number of hydrogen-bond donors (Lipinski definition) is 1. The molecule has 1 aromatic heterocycles. The lowest BCUT2D eigenvalue weighted by Gasteiger charge is -2.11. The van der Waals surface area contributed by atoms with Crippen molar-refractivity contribution in [1.82, 2.24) is 5.32 Å². The number of nitrogens with one attached hydrogen (secondary N) is 1. The van der Waals surface area contributed by atoms with Crippen LogP contribution in [-0.4, -0.2) is 25.7 Å². The van der Waals surface area contributed by atoms with Gasteiger partial charge in [0.25, 0.3) is 0 Å². The van der Waals surface area contributed by atoms with Gasteiger partial charge in [-0.1, -0.05) is 42.5 Å². The van der Waals surface area contributed by atoms with E-state index < -0.39 is 17.7 Å². The van der Waals surface area contributed by atoms with Gasteiger partial charge in [0.15, 0.2) is 0 Å². The highest BCUT2D eigenvalue weighted by molar-refractivity contribution is 6.07. The third kappa shape index (κ3) is 5.30. The highest BCUT2D eigenvalue weighted by Gasteiger charge is 2.14. The first kappa shape index (κ1) is 21.9. The second-order valence-electron chi connectivity index (χ2n) is 7.19. The van der Waals surface area contributed by atoms with E-state index in [4.69, 9.17) is 18.6 Å². The predicted octanol–water partition coefficient (Wildman–Crippen LogP) is 3.92. The standard InChI is InChI=1S/C25H21NO7/c1-30-19-9-7-17-8-10-21-24(20(17)12-19)18(11-22(27)33-21)15-31-23(28)13-26-25(29)32-14-16-5-3-2-4-6-16/h2-12H,13-15H2,1H3,(H,26,29). The fraction of sp³-hybridized carbons (Fsp3) is 0.160. The number of fused-ring (bicyclic) bond motifs is 3. The average Bonchev–Trinajstić information content (AvgIpc) is 2.84. The number of methoxy groups -OCH3 is 1. The van der Waals surface area contributed by atoms with Gasteiger partial charge in [0, 0.05) is 17.0 Å². The van der Waals surface area contributed by atoms with Crippen LogP contribution >= 0.6 is 0 Å². The highest BCUT2D eigenvalue weighted by Crippen LogP contribution is 2.30. The van der Waals surface area contributed by atoms with Gasteiger partial charge < -0.3 is 23.9 Å². The molecule has 4 rings (SSSR count). The summed E-state index contributed by atoms with van der Waals surface area (Å²) in [6.45, 7) is -0.455. The maximum Gasteiger partial charge on any atom is 0.407 e. The summed E-state index contributed by atoms with van der Waals surface area (Å²) in [5.74, 6) is -0.0340. The molecule has 0 atom stereocenters. The molecule has 33 heavy (non-hydrogen) atoms. The molecule has 1 amide bonds. The Morgan fingerprint density at radius 1 is 0.939 bits per heavy atom. The predicted molar refractivity (Wildman–Crippen MR) is 121 cm³/mol. The van der Waals surface area contributed by atoms with Gasteiger partial charge in [0.2, 0.25) is 0 Å². The van der Waals surface area contributed by atoms with Gasteiger partial charge >= 0.3 is 17.7 Å². The van der Waals surface area contributed by atoms with Gasteiger partial charge in [-0.15, -0.1) is 0 Å². The fourth-order valence-corrected chi connectivity index (χ4v) is 3.42. The Morgan fingerprint density at radius 2 is 1.73 bits per heavy atom. The number of rotatable bonds is 7. The number of carbonyl (C=O) groups excluding carboxylic acids is 2. The van der Waals surface area contributed by atoms with E-state index in [2.05, 4.69) is 5.32 Å². The van der Waals surface area contributed by atoms with Crippen LogP contribution in [0.25, 0.3) is 21.7 Å². The van der Waals surface area contributed by atoms with E-state index in [0.29, 0.717) is 22.3 Å². The number of hydrogen-bond acceptors (Lipinski definition) is 7. The topological polar surface area (TPSA) is 104 Å². The quantitative estimate of drug-likeness (QED) is 0.260. The number of amides is 1. The summed E-state index contributed by atoms with van der Waals surface area (Å²) in [4.78, 5) is 36.0. The molecule has 0 spiro atoms. The van der Waals surface area contributed by atoms with Crippen molar-refractivity contribution in [3.63, 3.8) is 0 Å². The average molecular weight is 447 g/mol. The first-order chi connectivity index (χ1) is 16.0. The van der Waals surface area contributed by atoms with Crippen LogP contribution in [-0.2, 0) is 27.5 Å². The molecule has 0 saturated heterocycles. The Bertz CT molecular complexity index is 1360. The molecule has 0 saturated carbocycles. The zero-order valence-electron chi connectivity index (χ0n) is 17.8. The Morgan fingerprint density at radius 3 is 2.52 bits per heavy atom. The number of alkyl carbamates (subject to hydrolysis) is 1. The summed E-state index contributed by atoms with van der Waals surface area (Å²) in [7, 11) is 1.56. The molecule has 8 heteroatoms. The summed E-state index contributed by atoms with van der Waals surface area (Å²) < 4.78 is 21.0. The summed E-state index contributed by atoms with van der Waals surface area (Å²) in [5, 5.41) is 4.70. The fourth-order valence-electron chi connectivity index (χ4n) is 3.42. The molecule has 0 aliphatic rings. The van der Waals surface area contributed by atoms with Gasteiger partial charge in [-0.2, -0.15) is 0 Å². The van der Waals surface area contributed by atoms with E-state index >= 15 is 0 Å². The lowest BCUT2D eigenvalue weighted by atomic mass is 10.0. The zero-order valence-corrected chi connectivity index (χ0v) is 17.8. The second-order valence-corrected chi connectivity index (χ2v) is 7.19. The summed E-state index contributed by atoms with van der Waals surface area (Å²) in [6.07, 6.45) is -0.736. The molecule has 3 aromatic carbocycles. The SMILES string of the molecule is COc1ccc2ccc3oc(=O)cc(COC(=O)CNC(=O)OCc4ccccc4)c3c2c1. The van der Waals surface area contributed by atoms with Crippen LogP contribution in [0.5, 0.6) is 5.75 Å². The lowest BCUT2D eigenvalue weighted by molar-refractivity contribution is -0.143. The van der Waals surface area contributed by atoms with Gasteiger partial charge in [-0.3, -0.25) is 4.79 Å². The van der Waals surface area contributed by atoms with Crippen molar-refractivity contribution in [2.75, 3.05) is 13.7 Å². The molecule has 0 aliphatic carbocycles. The van der Waals surface area contributed by atoms with Crippen LogP contribution in [0.15, 0.2) is 75.9 Å². The maximum atomic E-state index is 12.2. The largest absolute Gasteiger partial charge is 0.497 e. The molecular formula is C25H21NO7. The molecule has 0 bridgehead atoms. The van der Waals surface area contributed by atoms with Gasteiger partial charge in [-0.05, 0) is 34.5 Å². The van der Waals surface area contributed by atoms with Crippen LogP contribution in [0, 0.1) is 0 Å². The van der Waals surface area contributed by atoms with Gasteiger partial charge in [0.1, 0.15) is 31.1 Å². The minimum absolute atomic E-state index is 0.0873. The van der Waals surface area contributed by atoms with E-state index in [1.54, 1.807) is 13.2 Å². The van der Waals surface area contributed by atoms with Gasteiger partial charge in [0.05, 0.1) is 7.11 Å². The Kier molecular flexibility index (Phi) is 6.54. The molecule has 8 nitrogen and oxygen atoms in total. The number of ether oxygens (including phenoxy) is 3. The van der Waals surface area contributed by atoms with Crippen LogP contribution < -0.4 is 15.7 Å². The molecule has 1 heterocycles. The Hall–Kier alpha value is -4.33. The van der Waals surface area contributed by atoms with Crippen molar-refractivity contribution in [3.05, 3.63) is 88.3 Å². The number of benzene rings is 3. The molecule has 0 fully saturated rings. The normalized spacial score (nSPS) is 10.7. The molecule has 0 radical (unpaired) electrons. The van der Waals surface area contributed by atoms with Crippen molar-refractivity contribution < 1.29 is 28.2 Å². The molecule has 168 valence electrons. The first-order valence-corrected chi connectivity index (χ1v) is 10.2. The third-order valence-electron chi connectivity index (χ3n) is 4.99. The van der Waals surface area contributed by atoms with Crippen LogP contribution in [0.4, 0.5) is 4.79 Å². The summed E-state index contributed by atoms with van der Waals surface area (Å²) >= 11 is 0. The second kappa shape index (κ2) is 9.86.